The molecule has 0 spiro atoms. The van der Waals surface area contributed by atoms with Crippen LogP contribution in [0.2, 0.25) is 0 Å². The molecular formula is C15H13IN2O. The minimum absolute atomic E-state index is 0.528. The lowest BCUT2D eigenvalue weighted by Gasteiger charge is -2.09. The first-order valence-electron chi connectivity index (χ1n) is 6.09. The van der Waals surface area contributed by atoms with Gasteiger partial charge in [-0.1, -0.05) is 18.2 Å². The second-order valence-corrected chi connectivity index (χ2v) is 5.72. The fourth-order valence-electron chi connectivity index (χ4n) is 2.16. The summed E-state index contributed by atoms with van der Waals surface area (Å²) >= 11 is 2.28. The fourth-order valence-corrected chi connectivity index (χ4v) is 2.52. The van der Waals surface area contributed by atoms with E-state index in [0.29, 0.717) is 6.42 Å². The maximum Gasteiger partial charge on any atom is 0.0867 e. The smallest absolute Gasteiger partial charge is 0.0867 e. The van der Waals surface area contributed by atoms with Crippen LogP contribution in [-0.2, 0) is 6.42 Å². The van der Waals surface area contributed by atoms with Crippen molar-refractivity contribution in [2.45, 2.75) is 12.5 Å². The van der Waals surface area contributed by atoms with E-state index in [9.17, 15) is 5.11 Å². The van der Waals surface area contributed by atoms with Crippen LogP contribution in [-0.4, -0.2) is 14.7 Å². The van der Waals surface area contributed by atoms with Gasteiger partial charge >= 0.3 is 0 Å². The lowest BCUT2D eigenvalue weighted by molar-refractivity contribution is 0.180. The van der Waals surface area contributed by atoms with Crippen molar-refractivity contribution in [2.24, 2.45) is 0 Å². The van der Waals surface area contributed by atoms with Crippen LogP contribution in [0.4, 0.5) is 0 Å². The zero-order valence-corrected chi connectivity index (χ0v) is 12.4. The number of aromatic nitrogens is 2. The van der Waals surface area contributed by atoms with Gasteiger partial charge in [-0.05, 0) is 52.4 Å². The molecule has 0 saturated carbocycles. The number of pyridine rings is 1. The normalized spacial score (nSPS) is 12.7. The summed E-state index contributed by atoms with van der Waals surface area (Å²) in [6, 6.07) is 14.1. The highest BCUT2D eigenvalue weighted by atomic mass is 127. The largest absolute Gasteiger partial charge is 0.388 e. The van der Waals surface area contributed by atoms with E-state index in [-0.39, 0.29) is 0 Å². The van der Waals surface area contributed by atoms with Crippen molar-refractivity contribution in [1.29, 1.82) is 0 Å². The zero-order chi connectivity index (χ0) is 13.2. The average Bonchev–Trinajstić information content (AvgIpc) is 2.85. The Kier molecular flexibility index (Phi) is 3.52. The topological polar surface area (TPSA) is 37.5 Å². The third kappa shape index (κ3) is 2.64. The minimum Gasteiger partial charge on any atom is -0.388 e. The molecule has 0 aliphatic carbocycles. The van der Waals surface area contributed by atoms with Crippen molar-refractivity contribution in [3.63, 3.8) is 0 Å². The molecule has 3 aromatic rings. The highest BCUT2D eigenvalue weighted by Gasteiger charge is 2.13. The molecular weight excluding hydrogens is 351 g/mol. The standard InChI is InChI=1S/C15H13IN2O/c16-12-6-4-11(5-7-12)9-15(19)13-10-17-18-8-2-1-3-14(13)18/h1-8,10,15,19H,9H2. The second-order valence-electron chi connectivity index (χ2n) is 4.48. The first-order valence-corrected chi connectivity index (χ1v) is 7.17. The summed E-state index contributed by atoms with van der Waals surface area (Å²) in [5.74, 6) is 0. The molecule has 1 aromatic carbocycles. The minimum atomic E-state index is -0.528. The number of halogens is 1. The molecule has 1 atom stereocenters. The molecule has 1 unspecified atom stereocenters. The molecule has 3 rings (SSSR count). The lowest BCUT2D eigenvalue weighted by Crippen LogP contribution is -2.01. The Labute approximate surface area is 125 Å². The molecule has 0 bridgehead atoms. The van der Waals surface area contributed by atoms with Crippen LogP contribution in [0.1, 0.15) is 17.2 Å². The number of aliphatic hydroxyl groups excluding tert-OH is 1. The molecule has 0 radical (unpaired) electrons. The molecule has 0 fully saturated rings. The fraction of sp³-hybridized carbons (Fsp3) is 0.133. The van der Waals surface area contributed by atoms with Gasteiger partial charge in [0.1, 0.15) is 0 Å². The molecule has 19 heavy (non-hydrogen) atoms. The van der Waals surface area contributed by atoms with E-state index in [1.165, 1.54) is 3.57 Å². The molecule has 0 amide bonds. The number of benzene rings is 1. The van der Waals surface area contributed by atoms with Gasteiger partial charge in [-0.3, -0.25) is 0 Å². The maximum absolute atomic E-state index is 10.4. The Morgan fingerprint density at radius 1 is 1.16 bits per heavy atom. The number of fused-ring (bicyclic) bond motifs is 1. The van der Waals surface area contributed by atoms with Gasteiger partial charge in [-0.2, -0.15) is 5.10 Å². The number of rotatable bonds is 3. The van der Waals surface area contributed by atoms with E-state index in [0.717, 1.165) is 16.6 Å². The van der Waals surface area contributed by atoms with Crippen LogP contribution in [0.3, 0.4) is 0 Å². The third-order valence-electron chi connectivity index (χ3n) is 3.16. The van der Waals surface area contributed by atoms with E-state index < -0.39 is 6.10 Å². The number of hydrogen-bond donors (Lipinski definition) is 1. The van der Waals surface area contributed by atoms with Gasteiger partial charge in [-0.15, -0.1) is 0 Å². The zero-order valence-electron chi connectivity index (χ0n) is 10.2. The summed E-state index contributed by atoms with van der Waals surface area (Å²) < 4.78 is 2.98. The van der Waals surface area contributed by atoms with Crippen LogP contribution in [0.15, 0.2) is 54.9 Å². The Hall–Kier alpha value is -1.40. The van der Waals surface area contributed by atoms with Gasteiger partial charge in [0.15, 0.2) is 0 Å². The van der Waals surface area contributed by atoms with Crippen molar-refractivity contribution in [3.05, 3.63) is 69.6 Å². The van der Waals surface area contributed by atoms with Crippen LogP contribution in [0.5, 0.6) is 0 Å². The maximum atomic E-state index is 10.4. The average molecular weight is 364 g/mol. The SMILES string of the molecule is OC(Cc1ccc(I)cc1)c1cnn2ccccc12. The molecule has 4 heteroatoms. The Bertz CT molecular complexity index is 691. The van der Waals surface area contributed by atoms with Crippen molar-refractivity contribution in [3.8, 4) is 0 Å². The summed E-state index contributed by atoms with van der Waals surface area (Å²) in [5, 5.41) is 14.6. The van der Waals surface area contributed by atoms with Crippen molar-refractivity contribution >= 4 is 28.1 Å². The van der Waals surface area contributed by atoms with Gasteiger partial charge in [-0.25, -0.2) is 4.52 Å². The summed E-state index contributed by atoms with van der Waals surface area (Å²) in [5.41, 5.74) is 2.96. The van der Waals surface area contributed by atoms with E-state index in [1.54, 1.807) is 10.7 Å². The molecule has 2 aromatic heterocycles. The van der Waals surface area contributed by atoms with Crippen LogP contribution >= 0.6 is 22.6 Å². The lowest BCUT2D eigenvalue weighted by atomic mass is 10.0. The monoisotopic (exact) mass is 364 g/mol. The molecule has 0 saturated heterocycles. The Morgan fingerprint density at radius 3 is 2.74 bits per heavy atom. The number of nitrogens with zero attached hydrogens (tertiary/aromatic N) is 2. The first kappa shape index (κ1) is 12.6. The summed E-state index contributed by atoms with van der Waals surface area (Å²) in [7, 11) is 0. The van der Waals surface area contributed by atoms with Crippen molar-refractivity contribution in [2.75, 3.05) is 0 Å². The van der Waals surface area contributed by atoms with Crippen LogP contribution in [0.25, 0.3) is 5.52 Å². The third-order valence-corrected chi connectivity index (χ3v) is 3.88. The summed E-state index contributed by atoms with van der Waals surface area (Å²) in [4.78, 5) is 0. The predicted octanol–water partition coefficient (Wildman–Crippen LogP) is 3.22. The molecule has 0 aliphatic heterocycles. The van der Waals surface area contributed by atoms with Crippen molar-refractivity contribution < 1.29 is 5.11 Å². The van der Waals surface area contributed by atoms with Gasteiger partial charge < -0.3 is 5.11 Å². The summed E-state index contributed by atoms with van der Waals surface area (Å²) in [6.45, 7) is 0. The number of aliphatic hydroxyl groups is 1. The highest BCUT2D eigenvalue weighted by molar-refractivity contribution is 14.1. The second kappa shape index (κ2) is 5.30. The molecule has 3 nitrogen and oxygen atoms in total. The quantitative estimate of drug-likeness (QED) is 0.725. The Balaban J connectivity index is 1.87. The van der Waals surface area contributed by atoms with Gasteiger partial charge in [0.05, 0.1) is 17.8 Å². The van der Waals surface area contributed by atoms with E-state index in [4.69, 9.17) is 0 Å². The molecule has 2 heterocycles. The van der Waals surface area contributed by atoms with E-state index >= 15 is 0 Å². The van der Waals surface area contributed by atoms with Gasteiger partial charge in [0.2, 0.25) is 0 Å². The molecule has 0 aliphatic rings. The molecule has 1 N–H and O–H groups in total. The van der Waals surface area contributed by atoms with E-state index in [2.05, 4.69) is 52.0 Å². The van der Waals surface area contributed by atoms with Gasteiger partial charge in [0, 0.05) is 21.8 Å². The highest BCUT2D eigenvalue weighted by Crippen LogP contribution is 2.22. The molecule has 96 valence electrons. The predicted molar refractivity (Wildman–Crippen MR) is 83.0 cm³/mol. The summed E-state index contributed by atoms with van der Waals surface area (Å²) in [6.07, 6.45) is 3.70. The van der Waals surface area contributed by atoms with E-state index in [1.807, 2.05) is 24.4 Å². The van der Waals surface area contributed by atoms with Gasteiger partial charge in [0.25, 0.3) is 0 Å². The van der Waals surface area contributed by atoms with Crippen LogP contribution < -0.4 is 0 Å². The van der Waals surface area contributed by atoms with Crippen molar-refractivity contribution in [1.82, 2.24) is 9.61 Å². The Morgan fingerprint density at radius 2 is 1.95 bits per heavy atom. The first-order chi connectivity index (χ1) is 9.24. The number of hydrogen-bond acceptors (Lipinski definition) is 2. The van der Waals surface area contributed by atoms with Crippen LogP contribution in [0, 0.1) is 3.57 Å².